The van der Waals surface area contributed by atoms with Crippen LogP contribution in [0, 0.1) is 0 Å². The van der Waals surface area contributed by atoms with E-state index in [0.29, 0.717) is 0 Å². The summed E-state index contributed by atoms with van der Waals surface area (Å²) in [6.07, 6.45) is 3.28. The zero-order chi connectivity index (χ0) is 11.4. The Morgan fingerprint density at radius 3 is 2.94 bits per heavy atom. The first-order valence-corrected chi connectivity index (χ1v) is 6.67. The van der Waals surface area contributed by atoms with Gasteiger partial charge >= 0.3 is 0 Å². The average molecular weight is 235 g/mol. The number of aromatic nitrogens is 1. The van der Waals surface area contributed by atoms with E-state index >= 15 is 0 Å². The summed E-state index contributed by atoms with van der Waals surface area (Å²) in [5, 5.41) is 1.20. The predicted molar refractivity (Wildman–Crippen MR) is 69.4 cm³/mol. The number of ether oxygens (including phenoxy) is 1. The second kappa shape index (κ2) is 5.30. The number of fused-ring (bicyclic) bond motifs is 1. The van der Waals surface area contributed by atoms with Gasteiger partial charge in [0.05, 0.1) is 21.8 Å². The van der Waals surface area contributed by atoms with Crippen molar-refractivity contribution < 1.29 is 4.74 Å². The van der Waals surface area contributed by atoms with Crippen LogP contribution in [0.25, 0.3) is 10.2 Å². The van der Waals surface area contributed by atoms with Crippen LogP contribution < -0.4 is 4.74 Å². The van der Waals surface area contributed by atoms with Gasteiger partial charge in [-0.05, 0) is 25.0 Å². The monoisotopic (exact) mass is 235 g/mol. The van der Waals surface area contributed by atoms with E-state index in [9.17, 15) is 0 Å². The van der Waals surface area contributed by atoms with Crippen LogP contribution in [0.1, 0.15) is 31.7 Å². The molecule has 0 radical (unpaired) electrons. The van der Waals surface area contributed by atoms with E-state index in [0.717, 1.165) is 30.7 Å². The lowest BCUT2D eigenvalue weighted by Crippen LogP contribution is -1.95. The lowest BCUT2D eigenvalue weighted by Gasteiger charge is -2.04. The van der Waals surface area contributed by atoms with Gasteiger partial charge in [0.15, 0.2) is 0 Å². The molecule has 2 nitrogen and oxygen atoms in total. The summed E-state index contributed by atoms with van der Waals surface area (Å²) >= 11 is 1.77. The zero-order valence-electron chi connectivity index (χ0n) is 9.82. The number of unbranched alkanes of at least 4 members (excludes halogenated alkanes) is 1. The Balaban J connectivity index is 2.15. The van der Waals surface area contributed by atoms with Crippen LogP contribution in [0.15, 0.2) is 18.2 Å². The van der Waals surface area contributed by atoms with E-state index in [4.69, 9.17) is 4.74 Å². The summed E-state index contributed by atoms with van der Waals surface area (Å²) in [7, 11) is 0. The summed E-state index contributed by atoms with van der Waals surface area (Å²) < 4.78 is 6.91. The summed E-state index contributed by atoms with van der Waals surface area (Å²) in [4.78, 5) is 4.56. The van der Waals surface area contributed by atoms with E-state index < -0.39 is 0 Å². The molecule has 1 aromatic carbocycles. The van der Waals surface area contributed by atoms with Gasteiger partial charge in [0.25, 0.3) is 0 Å². The summed E-state index contributed by atoms with van der Waals surface area (Å²) in [6, 6.07) is 6.18. The quantitative estimate of drug-likeness (QED) is 0.730. The molecule has 0 unspecified atom stereocenters. The molecule has 0 atom stereocenters. The summed E-state index contributed by atoms with van der Waals surface area (Å²) in [5.41, 5.74) is 1.07. The fraction of sp³-hybridized carbons (Fsp3) is 0.462. The number of benzene rings is 1. The highest BCUT2D eigenvalue weighted by atomic mass is 32.1. The van der Waals surface area contributed by atoms with Crippen LogP contribution in [-0.4, -0.2) is 11.6 Å². The molecular weight excluding hydrogens is 218 g/mol. The molecule has 2 rings (SSSR count). The molecule has 0 saturated carbocycles. The number of hydrogen-bond acceptors (Lipinski definition) is 3. The van der Waals surface area contributed by atoms with E-state index in [2.05, 4.69) is 24.9 Å². The first-order chi connectivity index (χ1) is 7.83. The molecule has 86 valence electrons. The Labute approximate surface area is 100 Å². The van der Waals surface area contributed by atoms with Gasteiger partial charge < -0.3 is 4.74 Å². The molecular formula is C13H17NOS. The standard InChI is InChI=1S/C13H17NOS/c1-3-5-8-15-10-6-7-12-11(9-10)14-13(4-2)16-12/h6-7,9H,3-5,8H2,1-2H3. The van der Waals surface area contributed by atoms with Crippen LogP contribution in [0.4, 0.5) is 0 Å². The molecule has 0 bridgehead atoms. The third-order valence-electron chi connectivity index (χ3n) is 2.47. The molecule has 16 heavy (non-hydrogen) atoms. The highest BCUT2D eigenvalue weighted by Crippen LogP contribution is 2.26. The second-order valence-electron chi connectivity index (χ2n) is 3.79. The maximum atomic E-state index is 5.66. The van der Waals surface area contributed by atoms with Crippen LogP contribution in [-0.2, 0) is 6.42 Å². The molecule has 1 aromatic heterocycles. The lowest BCUT2D eigenvalue weighted by molar-refractivity contribution is 0.310. The molecule has 0 aliphatic rings. The van der Waals surface area contributed by atoms with Crippen molar-refractivity contribution in [3.05, 3.63) is 23.2 Å². The minimum Gasteiger partial charge on any atom is -0.494 e. The Bertz CT molecular complexity index is 464. The molecule has 2 aromatic rings. The number of rotatable bonds is 5. The van der Waals surface area contributed by atoms with Gasteiger partial charge in [0, 0.05) is 6.07 Å². The molecule has 0 fully saturated rings. The van der Waals surface area contributed by atoms with Crippen LogP contribution in [0.5, 0.6) is 5.75 Å². The average Bonchev–Trinajstić information content (AvgIpc) is 2.71. The Kier molecular flexibility index (Phi) is 3.78. The highest BCUT2D eigenvalue weighted by Gasteiger charge is 2.03. The zero-order valence-corrected chi connectivity index (χ0v) is 10.6. The van der Waals surface area contributed by atoms with Gasteiger partial charge in [-0.15, -0.1) is 11.3 Å². The van der Waals surface area contributed by atoms with E-state index in [1.54, 1.807) is 11.3 Å². The van der Waals surface area contributed by atoms with E-state index in [-0.39, 0.29) is 0 Å². The van der Waals surface area contributed by atoms with E-state index in [1.807, 2.05) is 12.1 Å². The number of hydrogen-bond donors (Lipinski definition) is 0. The second-order valence-corrected chi connectivity index (χ2v) is 4.91. The third-order valence-corrected chi connectivity index (χ3v) is 3.65. The highest BCUT2D eigenvalue weighted by molar-refractivity contribution is 7.18. The minimum atomic E-state index is 0.798. The fourth-order valence-electron chi connectivity index (χ4n) is 1.53. The molecule has 1 heterocycles. The Morgan fingerprint density at radius 1 is 1.31 bits per heavy atom. The number of aryl methyl sites for hydroxylation is 1. The van der Waals surface area contributed by atoms with Crippen LogP contribution in [0.2, 0.25) is 0 Å². The first kappa shape index (κ1) is 11.4. The topological polar surface area (TPSA) is 22.1 Å². The lowest BCUT2D eigenvalue weighted by atomic mass is 10.3. The molecule has 0 saturated heterocycles. The van der Waals surface area contributed by atoms with Crippen molar-refractivity contribution in [1.29, 1.82) is 0 Å². The molecule has 0 aliphatic heterocycles. The maximum absolute atomic E-state index is 5.66. The van der Waals surface area contributed by atoms with Crippen molar-refractivity contribution >= 4 is 21.6 Å². The van der Waals surface area contributed by atoms with Crippen molar-refractivity contribution in [3.63, 3.8) is 0 Å². The maximum Gasteiger partial charge on any atom is 0.121 e. The first-order valence-electron chi connectivity index (χ1n) is 5.85. The third kappa shape index (κ3) is 2.53. The van der Waals surface area contributed by atoms with Crippen molar-refractivity contribution in [1.82, 2.24) is 4.98 Å². The molecule has 0 spiro atoms. The molecule has 3 heteroatoms. The van der Waals surface area contributed by atoms with Gasteiger partial charge in [-0.1, -0.05) is 20.3 Å². The molecule has 0 aliphatic carbocycles. The SMILES string of the molecule is CCCCOc1ccc2sc(CC)nc2c1. The van der Waals surface area contributed by atoms with Gasteiger partial charge in [-0.25, -0.2) is 4.98 Å². The van der Waals surface area contributed by atoms with Crippen molar-refractivity contribution in [2.45, 2.75) is 33.1 Å². The van der Waals surface area contributed by atoms with Crippen molar-refractivity contribution in [2.24, 2.45) is 0 Å². The summed E-state index contributed by atoms with van der Waals surface area (Å²) in [6.45, 7) is 5.10. The Hall–Kier alpha value is -1.09. The number of thiazole rings is 1. The van der Waals surface area contributed by atoms with Gasteiger partial charge in [-0.3, -0.25) is 0 Å². The smallest absolute Gasteiger partial charge is 0.121 e. The van der Waals surface area contributed by atoms with Gasteiger partial charge in [0.1, 0.15) is 5.75 Å². The van der Waals surface area contributed by atoms with Gasteiger partial charge in [-0.2, -0.15) is 0 Å². The predicted octanol–water partition coefficient (Wildman–Crippen LogP) is 4.04. The number of nitrogens with zero attached hydrogens (tertiary/aromatic N) is 1. The minimum absolute atomic E-state index is 0.798. The van der Waals surface area contributed by atoms with Crippen molar-refractivity contribution in [3.8, 4) is 5.75 Å². The van der Waals surface area contributed by atoms with Crippen LogP contribution in [0.3, 0.4) is 0 Å². The Morgan fingerprint density at radius 2 is 2.19 bits per heavy atom. The largest absolute Gasteiger partial charge is 0.494 e. The molecule has 0 amide bonds. The fourth-order valence-corrected chi connectivity index (χ4v) is 2.42. The summed E-state index contributed by atoms with van der Waals surface area (Å²) in [5.74, 6) is 0.939. The molecule has 0 N–H and O–H groups in total. The van der Waals surface area contributed by atoms with Crippen molar-refractivity contribution in [2.75, 3.05) is 6.61 Å². The van der Waals surface area contributed by atoms with E-state index in [1.165, 1.54) is 16.1 Å². The van der Waals surface area contributed by atoms with Gasteiger partial charge in [0.2, 0.25) is 0 Å². The normalized spacial score (nSPS) is 10.9. The van der Waals surface area contributed by atoms with Crippen LogP contribution >= 0.6 is 11.3 Å².